The van der Waals surface area contributed by atoms with Crippen molar-refractivity contribution in [2.45, 2.75) is 13.3 Å². The van der Waals surface area contributed by atoms with Gasteiger partial charge in [0.05, 0.1) is 12.0 Å². The van der Waals surface area contributed by atoms with Crippen LogP contribution in [0.25, 0.3) is 5.69 Å². The predicted molar refractivity (Wildman–Crippen MR) is 71.2 cm³/mol. The maximum atomic E-state index is 11.0. The van der Waals surface area contributed by atoms with Crippen LogP contribution in [0.4, 0.5) is 5.69 Å². The van der Waals surface area contributed by atoms with Gasteiger partial charge in [0.25, 0.3) is 0 Å². The minimum Gasteiger partial charge on any atom is -0.494 e. The molecule has 0 amide bonds. The molecular weight excluding hydrogens is 270 g/mol. The zero-order chi connectivity index (χ0) is 14.0. The van der Waals surface area contributed by atoms with Gasteiger partial charge in [-0.05, 0) is 18.6 Å². The number of aryl methyl sites for hydroxylation is 1. The third-order valence-corrected chi connectivity index (χ3v) is 3.05. The second kappa shape index (κ2) is 5.27. The summed E-state index contributed by atoms with van der Waals surface area (Å²) in [5.41, 5.74) is 0.758. The van der Waals surface area contributed by atoms with E-state index in [1.54, 1.807) is 31.2 Å². The lowest BCUT2D eigenvalue weighted by atomic mass is 10.3. The van der Waals surface area contributed by atoms with Crippen LogP contribution >= 0.6 is 11.6 Å². The first-order valence-corrected chi connectivity index (χ1v) is 6.03. The van der Waals surface area contributed by atoms with Crippen LogP contribution in [-0.2, 0) is 6.42 Å². The molecule has 0 aliphatic rings. The molecule has 0 atom stereocenters. The molecule has 2 rings (SSSR count). The highest BCUT2D eigenvalue weighted by Crippen LogP contribution is 2.33. The van der Waals surface area contributed by atoms with Gasteiger partial charge in [-0.2, -0.15) is 5.10 Å². The maximum Gasteiger partial charge on any atom is 0.329 e. The van der Waals surface area contributed by atoms with Crippen LogP contribution in [0, 0.1) is 10.1 Å². The molecule has 0 N–H and O–H groups in total. The zero-order valence-electron chi connectivity index (χ0n) is 10.5. The van der Waals surface area contributed by atoms with Gasteiger partial charge < -0.3 is 4.74 Å². The van der Waals surface area contributed by atoms with Crippen molar-refractivity contribution in [2.24, 2.45) is 0 Å². The quantitative estimate of drug-likeness (QED) is 0.638. The van der Waals surface area contributed by atoms with Gasteiger partial charge in [-0.1, -0.05) is 30.7 Å². The van der Waals surface area contributed by atoms with Crippen LogP contribution in [0.3, 0.4) is 0 Å². The monoisotopic (exact) mass is 281 g/mol. The lowest BCUT2D eigenvalue weighted by Gasteiger charge is -2.08. The Bertz CT molecular complexity index is 625. The smallest absolute Gasteiger partial charge is 0.329 e. The molecule has 0 aliphatic heterocycles. The number of nitrogens with zero attached hydrogens (tertiary/aromatic N) is 3. The van der Waals surface area contributed by atoms with E-state index in [-0.39, 0.29) is 10.8 Å². The van der Waals surface area contributed by atoms with Gasteiger partial charge in [0.15, 0.2) is 0 Å². The number of methoxy groups -OCH3 is 1. The fraction of sp³-hybridized carbons (Fsp3) is 0.250. The summed E-state index contributed by atoms with van der Waals surface area (Å²) in [6.07, 6.45) is 0.429. The van der Waals surface area contributed by atoms with Crippen LogP contribution < -0.4 is 4.74 Å². The normalized spacial score (nSPS) is 10.5. The fourth-order valence-corrected chi connectivity index (χ4v) is 2.12. The van der Waals surface area contributed by atoms with Gasteiger partial charge in [0.1, 0.15) is 17.1 Å². The number of para-hydroxylation sites is 2. The standard InChI is InChI=1S/C12H12ClN3O3/c1-3-8-11(16(17)18)12(13)15(14-8)9-6-4-5-7-10(9)19-2/h4-7H,3H2,1-2H3. The molecule has 0 spiro atoms. The second-order valence-corrected chi connectivity index (χ2v) is 4.14. The largest absolute Gasteiger partial charge is 0.494 e. The molecule has 7 heteroatoms. The molecule has 1 heterocycles. The molecule has 0 saturated heterocycles. The molecule has 0 unspecified atom stereocenters. The number of hydrogen-bond acceptors (Lipinski definition) is 4. The Kier molecular flexibility index (Phi) is 3.71. The van der Waals surface area contributed by atoms with Crippen LogP contribution in [0.2, 0.25) is 5.15 Å². The van der Waals surface area contributed by atoms with E-state index in [2.05, 4.69) is 5.10 Å². The van der Waals surface area contributed by atoms with E-state index in [0.29, 0.717) is 23.6 Å². The average molecular weight is 282 g/mol. The summed E-state index contributed by atoms with van der Waals surface area (Å²) in [4.78, 5) is 10.5. The van der Waals surface area contributed by atoms with E-state index in [1.165, 1.54) is 11.8 Å². The number of nitro groups is 1. The van der Waals surface area contributed by atoms with Crippen molar-refractivity contribution in [3.05, 3.63) is 45.2 Å². The lowest BCUT2D eigenvalue weighted by Crippen LogP contribution is -2.00. The Hall–Kier alpha value is -2.08. The first-order chi connectivity index (χ1) is 9.10. The highest BCUT2D eigenvalue weighted by Gasteiger charge is 2.27. The van der Waals surface area contributed by atoms with E-state index < -0.39 is 4.92 Å². The van der Waals surface area contributed by atoms with E-state index in [1.807, 2.05) is 0 Å². The summed E-state index contributed by atoms with van der Waals surface area (Å²) in [5.74, 6) is 0.546. The van der Waals surface area contributed by atoms with Crippen LogP contribution in [0.15, 0.2) is 24.3 Å². The van der Waals surface area contributed by atoms with E-state index in [4.69, 9.17) is 16.3 Å². The Morgan fingerprint density at radius 1 is 1.47 bits per heavy atom. The van der Waals surface area contributed by atoms with Gasteiger partial charge in [-0.3, -0.25) is 10.1 Å². The van der Waals surface area contributed by atoms with Crippen LogP contribution in [0.1, 0.15) is 12.6 Å². The first kappa shape index (κ1) is 13.4. The Morgan fingerprint density at radius 2 is 2.16 bits per heavy atom. The van der Waals surface area contributed by atoms with Crippen molar-refractivity contribution < 1.29 is 9.66 Å². The first-order valence-electron chi connectivity index (χ1n) is 5.65. The molecule has 0 bridgehead atoms. The Labute approximate surface area is 114 Å². The summed E-state index contributed by atoms with van der Waals surface area (Å²) in [6.45, 7) is 1.79. The van der Waals surface area contributed by atoms with Crippen molar-refractivity contribution in [1.29, 1.82) is 0 Å². The van der Waals surface area contributed by atoms with E-state index >= 15 is 0 Å². The fourth-order valence-electron chi connectivity index (χ4n) is 1.81. The maximum absolute atomic E-state index is 11.0. The lowest BCUT2D eigenvalue weighted by molar-refractivity contribution is -0.385. The summed E-state index contributed by atoms with van der Waals surface area (Å²) in [5, 5.41) is 15.2. The minimum atomic E-state index is -0.514. The molecule has 1 aromatic heterocycles. The Morgan fingerprint density at radius 3 is 2.68 bits per heavy atom. The molecule has 19 heavy (non-hydrogen) atoms. The topological polar surface area (TPSA) is 70.2 Å². The molecule has 100 valence electrons. The van der Waals surface area contributed by atoms with Crippen molar-refractivity contribution >= 4 is 17.3 Å². The molecule has 0 radical (unpaired) electrons. The highest BCUT2D eigenvalue weighted by atomic mass is 35.5. The van der Waals surface area contributed by atoms with Gasteiger partial charge in [0.2, 0.25) is 5.15 Å². The van der Waals surface area contributed by atoms with Crippen LogP contribution in [0.5, 0.6) is 5.75 Å². The van der Waals surface area contributed by atoms with E-state index in [0.717, 1.165) is 0 Å². The number of benzene rings is 1. The van der Waals surface area contributed by atoms with Crippen molar-refractivity contribution in [3.63, 3.8) is 0 Å². The van der Waals surface area contributed by atoms with Gasteiger partial charge in [-0.15, -0.1) is 0 Å². The molecule has 0 saturated carbocycles. The Balaban J connectivity index is 2.67. The molecule has 0 aliphatic carbocycles. The third-order valence-electron chi connectivity index (χ3n) is 2.71. The molecular formula is C12H12ClN3O3. The van der Waals surface area contributed by atoms with Crippen molar-refractivity contribution in [3.8, 4) is 11.4 Å². The van der Waals surface area contributed by atoms with Crippen molar-refractivity contribution in [1.82, 2.24) is 9.78 Å². The minimum absolute atomic E-state index is 0.0219. The number of aromatic nitrogens is 2. The predicted octanol–water partition coefficient (Wildman–Crippen LogP) is 3.00. The van der Waals surface area contributed by atoms with Gasteiger partial charge in [-0.25, -0.2) is 4.68 Å². The number of rotatable bonds is 4. The molecule has 6 nitrogen and oxygen atoms in total. The molecule has 2 aromatic rings. The number of ether oxygens (including phenoxy) is 1. The van der Waals surface area contributed by atoms with Crippen LogP contribution in [-0.4, -0.2) is 21.8 Å². The summed E-state index contributed by atoms with van der Waals surface area (Å²) < 4.78 is 6.54. The number of hydrogen-bond donors (Lipinski definition) is 0. The van der Waals surface area contributed by atoms with Gasteiger partial charge >= 0.3 is 5.69 Å². The second-order valence-electron chi connectivity index (χ2n) is 3.78. The summed E-state index contributed by atoms with van der Waals surface area (Å²) >= 11 is 6.07. The highest BCUT2D eigenvalue weighted by molar-refractivity contribution is 6.32. The summed E-state index contributed by atoms with van der Waals surface area (Å²) in [7, 11) is 1.52. The summed E-state index contributed by atoms with van der Waals surface area (Å²) in [6, 6.07) is 7.06. The van der Waals surface area contributed by atoms with Crippen molar-refractivity contribution in [2.75, 3.05) is 7.11 Å². The van der Waals surface area contributed by atoms with Gasteiger partial charge in [0, 0.05) is 0 Å². The number of halogens is 1. The van der Waals surface area contributed by atoms with E-state index in [9.17, 15) is 10.1 Å². The zero-order valence-corrected chi connectivity index (χ0v) is 11.2. The average Bonchev–Trinajstić information content (AvgIpc) is 2.75. The molecule has 0 fully saturated rings. The SMILES string of the molecule is CCc1nn(-c2ccccc2OC)c(Cl)c1[N+](=O)[O-]. The third kappa shape index (κ3) is 2.26. The molecule has 1 aromatic carbocycles.